The fourth-order valence-electron chi connectivity index (χ4n) is 2.06. The average Bonchev–Trinajstić information content (AvgIpc) is 2.29. The van der Waals surface area contributed by atoms with Crippen molar-refractivity contribution in [2.75, 3.05) is 0 Å². The molecule has 1 atom stereocenters. The predicted molar refractivity (Wildman–Crippen MR) is 66.8 cm³/mol. The Morgan fingerprint density at radius 3 is 2.44 bits per heavy atom. The van der Waals surface area contributed by atoms with Gasteiger partial charge in [-0.05, 0) is 24.8 Å². The van der Waals surface area contributed by atoms with Crippen molar-refractivity contribution in [1.29, 1.82) is 0 Å². The molecule has 0 aromatic heterocycles. The second-order valence-electron chi connectivity index (χ2n) is 4.50. The quantitative estimate of drug-likeness (QED) is 0.803. The van der Waals surface area contributed by atoms with Gasteiger partial charge in [-0.3, -0.25) is 0 Å². The molecule has 0 saturated heterocycles. The van der Waals surface area contributed by atoms with Gasteiger partial charge in [-0.25, -0.2) is 4.39 Å². The van der Waals surface area contributed by atoms with E-state index in [1.54, 1.807) is 19.1 Å². The highest BCUT2D eigenvalue weighted by Gasteiger charge is 2.16. The normalized spacial score (nSPS) is 13.1. The molecule has 0 spiro atoms. The Morgan fingerprint density at radius 1 is 1.25 bits per heavy atom. The first-order valence-corrected chi connectivity index (χ1v) is 6.10. The fraction of sp³-hybridized carbons (Fsp3) is 0.571. The number of hydrogen-bond acceptors (Lipinski definition) is 1. The number of benzene rings is 1. The van der Waals surface area contributed by atoms with E-state index in [0.29, 0.717) is 17.0 Å². The van der Waals surface area contributed by atoms with Crippen LogP contribution in [0.2, 0.25) is 0 Å². The maximum absolute atomic E-state index is 13.8. The highest BCUT2D eigenvalue weighted by molar-refractivity contribution is 5.27. The first-order valence-electron chi connectivity index (χ1n) is 6.10. The van der Waals surface area contributed by atoms with Gasteiger partial charge < -0.3 is 5.73 Å². The zero-order chi connectivity index (χ0) is 12.1. The minimum atomic E-state index is -0.176. The van der Waals surface area contributed by atoms with E-state index >= 15 is 0 Å². The average molecular weight is 223 g/mol. The third-order valence-corrected chi connectivity index (χ3v) is 3.36. The lowest BCUT2D eigenvalue weighted by Crippen LogP contribution is -2.16. The van der Waals surface area contributed by atoms with Gasteiger partial charge in [0.15, 0.2) is 0 Å². The van der Waals surface area contributed by atoms with Crippen LogP contribution in [0.3, 0.4) is 0 Å². The number of rotatable bonds is 5. The molecule has 1 unspecified atom stereocenters. The Kier molecular flexibility index (Phi) is 4.94. The van der Waals surface area contributed by atoms with E-state index in [9.17, 15) is 4.39 Å². The SMILES string of the molecule is CCC(CC)CC(N)c1cccc(C)c1F. The van der Waals surface area contributed by atoms with Gasteiger partial charge in [0, 0.05) is 11.6 Å². The highest BCUT2D eigenvalue weighted by atomic mass is 19.1. The van der Waals surface area contributed by atoms with Crippen molar-refractivity contribution < 1.29 is 4.39 Å². The molecule has 0 aliphatic rings. The molecule has 0 aliphatic heterocycles. The van der Waals surface area contributed by atoms with Gasteiger partial charge in [0.05, 0.1) is 0 Å². The van der Waals surface area contributed by atoms with Crippen molar-refractivity contribution >= 4 is 0 Å². The Bertz CT molecular complexity index is 332. The molecule has 2 heteroatoms. The molecule has 1 aromatic carbocycles. The zero-order valence-corrected chi connectivity index (χ0v) is 10.5. The molecule has 90 valence electrons. The Balaban J connectivity index is 2.80. The smallest absolute Gasteiger partial charge is 0.130 e. The van der Waals surface area contributed by atoms with Crippen LogP contribution in [-0.4, -0.2) is 0 Å². The number of hydrogen-bond donors (Lipinski definition) is 1. The van der Waals surface area contributed by atoms with Gasteiger partial charge in [-0.1, -0.05) is 44.9 Å². The topological polar surface area (TPSA) is 26.0 Å². The summed E-state index contributed by atoms with van der Waals surface area (Å²) in [6, 6.07) is 5.28. The molecule has 0 bridgehead atoms. The number of nitrogens with two attached hydrogens (primary N) is 1. The van der Waals surface area contributed by atoms with Crippen molar-refractivity contribution in [3.05, 3.63) is 35.1 Å². The summed E-state index contributed by atoms with van der Waals surface area (Å²) in [5, 5.41) is 0. The lowest BCUT2D eigenvalue weighted by atomic mass is 9.91. The van der Waals surface area contributed by atoms with Crippen LogP contribution < -0.4 is 5.73 Å². The third-order valence-electron chi connectivity index (χ3n) is 3.36. The molecule has 0 heterocycles. The van der Waals surface area contributed by atoms with E-state index in [0.717, 1.165) is 19.3 Å². The van der Waals surface area contributed by atoms with Crippen LogP contribution in [-0.2, 0) is 0 Å². The molecular weight excluding hydrogens is 201 g/mol. The monoisotopic (exact) mass is 223 g/mol. The summed E-state index contributed by atoms with van der Waals surface area (Å²) in [5.41, 5.74) is 7.41. The van der Waals surface area contributed by atoms with E-state index < -0.39 is 0 Å². The van der Waals surface area contributed by atoms with Gasteiger partial charge in [0.1, 0.15) is 5.82 Å². The van der Waals surface area contributed by atoms with Gasteiger partial charge in [0.25, 0.3) is 0 Å². The lowest BCUT2D eigenvalue weighted by Gasteiger charge is -2.19. The van der Waals surface area contributed by atoms with E-state index in [2.05, 4.69) is 13.8 Å². The van der Waals surface area contributed by atoms with Crippen LogP contribution in [0.15, 0.2) is 18.2 Å². The molecular formula is C14H22FN. The first kappa shape index (κ1) is 13.2. The standard InChI is InChI=1S/C14H22FN/c1-4-11(5-2)9-13(16)12-8-6-7-10(3)14(12)15/h6-8,11,13H,4-5,9,16H2,1-3H3. The van der Waals surface area contributed by atoms with Gasteiger partial charge in [-0.15, -0.1) is 0 Å². The second kappa shape index (κ2) is 6.00. The molecule has 0 saturated carbocycles. The van der Waals surface area contributed by atoms with E-state index in [1.807, 2.05) is 6.07 Å². The van der Waals surface area contributed by atoms with Crippen LogP contribution in [0.25, 0.3) is 0 Å². The van der Waals surface area contributed by atoms with E-state index in [1.165, 1.54) is 0 Å². The molecule has 0 aliphatic carbocycles. The molecule has 2 N–H and O–H groups in total. The lowest BCUT2D eigenvalue weighted by molar-refractivity contribution is 0.407. The van der Waals surface area contributed by atoms with Crippen LogP contribution in [0.5, 0.6) is 0 Å². The first-order chi connectivity index (χ1) is 7.60. The molecule has 16 heavy (non-hydrogen) atoms. The molecule has 0 fully saturated rings. The summed E-state index contributed by atoms with van der Waals surface area (Å²) in [7, 11) is 0. The summed E-state index contributed by atoms with van der Waals surface area (Å²) in [5.74, 6) is 0.455. The van der Waals surface area contributed by atoms with Crippen molar-refractivity contribution in [2.24, 2.45) is 11.7 Å². The number of aryl methyl sites for hydroxylation is 1. The van der Waals surface area contributed by atoms with Crippen molar-refractivity contribution in [3.8, 4) is 0 Å². The maximum atomic E-state index is 13.8. The third kappa shape index (κ3) is 3.05. The van der Waals surface area contributed by atoms with Crippen molar-refractivity contribution in [2.45, 2.75) is 46.1 Å². The minimum absolute atomic E-state index is 0.138. The summed E-state index contributed by atoms with van der Waals surface area (Å²) in [4.78, 5) is 0. The van der Waals surface area contributed by atoms with Crippen LogP contribution in [0, 0.1) is 18.7 Å². The van der Waals surface area contributed by atoms with Crippen LogP contribution in [0.4, 0.5) is 4.39 Å². The molecule has 0 radical (unpaired) electrons. The van der Waals surface area contributed by atoms with Gasteiger partial charge in [-0.2, -0.15) is 0 Å². The largest absolute Gasteiger partial charge is 0.324 e. The Hall–Kier alpha value is -0.890. The van der Waals surface area contributed by atoms with E-state index in [4.69, 9.17) is 5.73 Å². The fourth-order valence-corrected chi connectivity index (χ4v) is 2.06. The van der Waals surface area contributed by atoms with Gasteiger partial charge >= 0.3 is 0 Å². The summed E-state index contributed by atoms with van der Waals surface area (Å²) in [6.45, 7) is 6.10. The van der Waals surface area contributed by atoms with Crippen molar-refractivity contribution in [1.82, 2.24) is 0 Å². The second-order valence-corrected chi connectivity index (χ2v) is 4.50. The predicted octanol–water partition coefficient (Wildman–Crippen LogP) is 3.96. The highest BCUT2D eigenvalue weighted by Crippen LogP contribution is 2.26. The molecule has 1 nitrogen and oxygen atoms in total. The summed E-state index contributed by atoms with van der Waals surface area (Å²) in [6.07, 6.45) is 3.09. The zero-order valence-electron chi connectivity index (χ0n) is 10.5. The summed E-state index contributed by atoms with van der Waals surface area (Å²) < 4.78 is 13.8. The van der Waals surface area contributed by atoms with E-state index in [-0.39, 0.29) is 11.9 Å². The molecule has 0 amide bonds. The van der Waals surface area contributed by atoms with Crippen LogP contribution in [0.1, 0.15) is 50.3 Å². The number of halogens is 1. The van der Waals surface area contributed by atoms with Crippen LogP contribution >= 0.6 is 0 Å². The minimum Gasteiger partial charge on any atom is -0.324 e. The molecule has 1 rings (SSSR count). The molecule has 1 aromatic rings. The summed E-state index contributed by atoms with van der Waals surface area (Å²) >= 11 is 0. The Labute approximate surface area is 97.9 Å². The van der Waals surface area contributed by atoms with Gasteiger partial charge in [0.2, 0.25) is 0 Å². The van der Waals surface area contributed by atoms with Crippen molar-refractivity contribution in [3.63, 3.8) is 0 Å². The Morgan fingerprint density at radius 2 is 1.88 bits per heavy atom. The maximum Gasteiger partial charge on any atom is 0.130 e.